The topological polar surface area (TPSA) is 59.0 Å². The zero-order valence-electron chi connectivity index (χ0n) is 12.0. The first-order valence-corrected chi connectivity index (χ1v) is 7.27. The molecule has 1 unspecified atom stereocenters. The quantitative estimate of drug-likeness (QED) is 0.887. The number of aromatic nitrogens is 2. The summed E-state index contributed by atoms with van der Waals surface area (Å²) in [6, 6.07) is 4.53. The fourth-order valence-electron chi connectivity index (χ4n) is 2.78. The van der Waals surface area contributed by atoms with E-state index in [2.05, 4.69) is 15.6 Å². The number of aryl methyl sites for hydroxylation is 1. The first kappa shape index (κ1) is 14.0. The van der Waals surface area contributed by atoms with E-state index in [9.17, 15) is 9.18 Å². The maximum absolute atomic E-state index is 13.2. The number of hydrogen-bond acceptors (Lipinski definition) is 3. The van der Waals surface area contributed by atoms with Crippen molar-refractivity contribution in [1.29, 1.82) is 0 Å². The van der Waals surface area contributed by atoms with Crippen molar-refractivity contribution >= 4 is 16.9 Å². The molecule has 0 aliphatic carbocycles. The molecular weight excluding hydrogens is 271 g/mol. The number of carbonyl (C=O) groups is 1. The molecule has 5 nitrogen and oxygen atoms in total. The average molecular weight is 290 g/mol. The number of rotatable bonds is 4. The molecule has 1 aliphatic rings. The third-order valence-corrected chi connectivity index (χ3v) is 3.96. The van der Waals surface area contributed by atoms with Crippen molar-refractivity contribution in [2.45, 2.75) is 25.3 Å². The Hall–Kier alpha value is -1.95. The number of hydrogen-bond donors (Lipinski definition) is 2. The van der Waals surface area contributed by atoms with Crippen molar-refractivity contribution in [2.75, 3.05) is 13.1 Å². The lowest BCUT2D eigenvalue weighted by Crippen LogP contribution is -2.41. The zero-order valence-corrected chi connectivity index (χ0v) is 12.0. The van der Waals surface area contributed by atoms with E-state index in [4.69, 9.17) is 0 Å². The van der Waals surface area contributed by atoms with Gasteiger partial charge in [-0.05, 0) is 31.5 Å². The number of nitrogens with zero attached hydrogens (tertiary/aromatic N) is 2. The van der Waals surface area contributed by atoms with Crippen LogP contribution in [0.3, 0.4) is 0 Å². The summed E-state index contributed by atoms with van der Waals surface area (Å²) in [4.78, 5) is 16.3. The summed E-state index contributed by atoms with van der Waals surface area (Å²) in [6.07, 6.45) is 2.58. The summed E-state index contributed by atoms with van der Waals surface area (Å²) in [7, 11) is 1.91. The first-order chi connectivity index (χ1) is 10.1. The predicted octanol–water partition coefficient (Wildman–Crippen LogP) is 1.12. The second-order valence-corrected chi connectivity index (χ2v) is 5.41. The van der Waals surface area contributed by atoms with Gasteiger partial charge in [0.15, 0.2) is 0 Å². The van der Waals surface area contributed by atoms with Crippen LogP contribution in [0.4, 0.5) is 4.39 Å². The van der Waals surface area contributed by atoms with Gasteiger partial charge in [-0.25, -0.2) is 9.37 Å². The van der Waals surface area contributed by atoms with E-state index in [0.29, 0.717) is 18.5 Å². The van der Waals surface area contributed by atoms with Crippen LogP contribution >= 0.6 is 0 Å². The lowest BCUT2D eigenvalue weighted by molar-refractivity contribution is -0.122. The molecule has 1 aliphatic heterocycles. The molecule has 0 saturated carbocycles. The number of carbonyl (C=O) groups excluding carboxylic acids is 1. The summed E-state index contributed by atoms with van der Waals surface area (Å²) in [6.45, 7) is 1.45. The Labute approximate surface area is 122 Å². The second kappa shape index (κ2) is 5.81. The molecule has 6 heteroatoms. The summed E-state index contributed by atoms with van der Waals surface area (Å²) < 4.78 is 15.1. The molecule has 112 valence electrons. The molecule has 0 bridgehead atoms. The zero-order chi connectivity index (χ0) is 14.8. The Morgan fingerprint density at radius 1 is 1.57 bits per heavy atom. The van der Waals surface area contributed by atoms with Gasteiger partial charge in [-0.3, -0.25) is 4.79 Å². The molecule has 1 amide bonds. The standard InChI is InChI=1S/C15H19FN4O/c1-20-13-5-4-10(16)9-12(13)19-14(20)6-8-18-15(21)11-3-2-7-17-11/h4-5,9,11,17H,2-3,6-8H2,1H3,(H,18,21). The lowest BCUT2D eigenvalue weighted by atomic mass is 10.2. The van der Waals surface area contributed by atoms with E-state index >= 15 is 0 Å². The Morgan fingerprint density at radius 3 is 3.19 bits per heavy atom. The molecule has 3 rings (SSSR count). The van der Waals surface area contributed by atoms with Crippen molar-refractivity contribution in [1.82, 2.24) is 20.2 Å². The maximum atomic E-state index is 13.2. The monoisotopic (exact) mass is 290 g/mol. The highest BCUT2D eigenvalue weighted by Gasteiger charge is 2.21. The third-order valence-electron chi connectivity index (χ3n) is 3.96. The first-order valence-electron chi connectivity index (χ1n) is 7.27. The van der Waals surface area contributed by atoms with E-state index in [1.807, 2.05) is 11.6 Å². The van der Waals surface area contributed by atoms with E-state index in [1.54, 1.807) is 6.07 Å². The average Bonchev–Trinajstić information content (AvgIpc) is 3.08. The molecule has 2 N–H and O–H groups in total. The van der Waals surface area contributed by atoms with Crippen molar-refractivity contribution < 1.29 is 9.18 Å². The van der Waals surface area contributed by atoms with Crippen molar-refractivity contribution in [3.63, 3.8) is 0 Å². The minimum atomic E-state index is -0.284. The normalized spacial score (nSPS) is 18.3. The van der Waals surface area contributed by atoms with Crippen LogP contribution < -0.4 is 10.6 Å². The number of halogens is 1. The van der Waals surface area contributed by atoms with Crippen molar-refractivity contribution in [3.8, 4) is 0 Å². The Balaban J connectivity index is 1.62. The molecule has 2 aromatic rings. The summed E-state index contributed by atoms with van der Waals surface area (Å²) >= 11 is 0. The van der Waals surface area contributed by atoms with Gasteiger partial charge < -0.3 is 15.2 Å². The molecule has 0 spiro atoms. The highest BCUT2D eigenvalue weighted by Crippen LogP contribution is 2.16. The van der Waals surface area contributed by atoms with E-state index < -0.39 is 0 Å². The van der Waals surface area contributed by atoms with Crippen LogP contribution in [0.1, 0.15) is 18.7 Å². The van der Waals surface area contributed by atoms with Crippen LogP contribution in [0.15, 0.2) is 18.2 Å². The molecular formula is C15H19FN4O. The number of imidazole rings is 1. The van der Waals surface area contributed by atoms with Gasteiger partial charge in [0.25, 0.3) is 0 Å². The van der Waals surface area contributed by atoms with Gasteiger partial charge in [0.1, 0.15) is 11.6 Å². The van der Waals surface area contributed by atoms with Crippen LogP contribution in [0.2, 0.25) is 0 Å². The number of nitrogens with one attached hydrogen (secondary N) is 2. The molecule has 1 aromatic heterocycles. The van der Waals surface area contributed by atoms with Crippen LogP contribution in [-0.4, -0.2) is 34.6 Å². The summed E-state index contributed by atoms with van der Waals surface area (Å²) in [5.41, 5.74) is 1.55. The third kappa shape index (κ3) is 2.90. The fourth-order valence-corrected chi connectivity index (χ4v) is 2.78. The van der Waals surface area contributed by atoms with Gasteiger partial charge in [0, 0.05) is 26.1 Å². The largest absolute Gasteiger partial charge is 0.354 e. The lowest BCUT2D eigenvalue weighted by Gasteiger charge is -2.10. The second-order valence-electron chi connectivity index (χ2n) is 5.41. The minimum absolute atomic E-state index is 0.0531. The van der Waals surface area contributed by atoms with Gasteiger partial charge in [-0.1, -0.05) is 0 Å². The van der Waals surface area contributed by atoms with Crippen LogP contribution in [-0.2, 0) is 18.3 Å². The van der Waals surface area contributed by atoms with E-state index in [0.717, 1.165) is 30.7 Å². The SMILES string of the molecule is Cn1c(CCNC(=O)C2CCCN2)nc2cc(F)ccc21. The predicted molar refractivity (Wildman–Crippen MR) is 78.4 cm³/mol. The van der Waals surface area contributed by atoms with Crippen molar-refractivity contribution in [3.05, 3.63) is 29.8 Å². The Bertz CT molecular complexity index is 661. The van der Waals surface area contributed by atoms with Gasteiger partial charge in [0.2, 0.25) is 5.91 Å². The summed E-state index contributed by atoms with van der Waals surface area (Å²) in [5, 5.41) is 6.10. The number of fused-ring (bicyclic) bond motifs is 1. The molecule has 1 atom stereocenters. The maximum Gasteiger partial charge on any atom is 0.237 e. The van der Waals surface area contributed by atoms with Gasteiger partial charge in [0.05, 0.1) is 17.1 Å². The molecule has 0 radical (unpaired) electrons. The smallest absolute Gasteiger partial charge is 0.237 e. The highest BCUT2D eigenvalue weighted by atomic mass is 19.1. The molecule has 1 saturated heterocycles. The molecule has 2 heterocycles. The summed E-state index contributed by atoms with van der Waals surface area (Å²) in [5.74, 6) is 0.611. The Morgan fingerprint density at radius 2 is 2.43 bits per heavy atom. The van der Waals surface area contributed by atoms with Crippen LogP contribution in [0, 0.1) is 5.82 Å². The molecule has 1 fully saturated rings. The van der Waals surface area contributed by atoms with E-state index in [1.165, 1.54) is 12.1 Å². The van der Waals surface area contributed by atoms with Crippen molar-refractivity contribution in [2.24, 2.45) is 7.05 Å². The Kier molecular flexibility index (Phi) is 3.88. The number of amides is 1. The molecule has 21 heavy (non-hydrogen) atoms. The van der Waals surface area contributed by atoms with E-state index in [-0.39, 0.29) is 17.8 Å². The molecule has 1 aromatic carbocycles. The highest BCUT2D eigenvalue weighted by molar-refractivity contribution is 5.82. The van der Waals surface area contributed by atoms with Crippen LogP contribution in [0.25, 0.3) is 11.0 Å². The van der Waals surface area contributed by atoms with Gasteiger partial charge >= 0.3 is 0 Å². The van der Waals surface area contributed by atoms with Gasteiger partial charge in [-0.2, -0.15) is 0 Å². The minimum Gasteiger partial charge on any atom is -0.354 e. The van der Waals surface area contributed by atoms with Gasteiger partial charge in [-0.15, -0.1) is 0 Å². The fraction of sp³-hybridized carbons (Fsp3) is 0.467. The number of benzene rings is 1. The van der Waals surface area contributed by atoms with Crippen LogP contribution in [0.5, 0.6) is 0 Å².